The van der Waals surface area contributed by atoms with Crippen molar-refractivity contribution < 1.29 is 19.1 Å². The van der Waals surface area contributed by atoms with Crippen molar-refractivity contribution in [2.75, 3.05) is 42.9 Å². The zero-order valence-electron chi connectivity index (χ0n) is 15.7. The maximum Gasteiger partial charge on any atom is 0.311 e. The van der Waals surface area contributed by atoms with Crippen LogP contribution in [-0.2, 0) is 14.3 Å². The molecule has 1 atom stereocenters. The van der Waals surface area contributed by atoms with Gasteiger partial charge in [0.05, 0.1) is 18.7 Å². The van der Waals surface area contributed by atoms with Crippen molar-refractivity contribution in [2.24, 2.45) is 5.41 Å². The number of carbonyl (C=O) groups excluding carboxylic acids is 2. The molecular formula is C16H25N5O5. The quantitative estimate of drug-likeness (QED) is 0.558. The van der Waals surface area contributed by atoms with Crippen LogP contribution in [0.15, 0.2) is 4.79 Å². The zero-order valence-corrected chi connectivity index (χ0v) is 15.7. The average molecular weight is 367 g/mol. The van der Waals surface area contributed by atoms with Crippen molar-refractivity contribution in [1.29, 1.82) is 0 Å². The van der Waals surface area contributed by atoms with Gasteiger partial charge in [-0.05, 0) is 20.8 Å². The van der Waals surface area contributed by atoms with Gasteiger partial charge in [0.1, 0.15) is 18.4 Å². The average Bonchev–Trinajstić information content (AvgIpc) is 3.28. The van der Waals surface area contributed by atoms with Crippen molar-refractivity contribution in [3.63, 3.8) is 0 Å². The van der Waals surface area contributed by atoms with Crippen molar-refractivity contribution in [3.8, 4) is 0 Å². The highest BCUT2D eigenvalue weighted by Gasteiger charge is 2.28. The molecule has 2 aliphatic rings. The number of hydrogen-bond acceptors (Lipinski definition) is 9. The summed E-state index contributed by atoms with van der Waals surface area (Å²) >= 11 is 0. The Morgan fingerprint density at radius 1 is 1.42 bits per heavy atom. The van der Waals surface area contributed by atoms with Crippen LogP contribution >= 0.6 is 0 Å². The summed E-state index contributed by atoms with van der Waals surface area (Å²) in [6.45, 7) is 8.41. The number of anilines is 3. The Kier molecular flexibility index (Phi) is 5.55. The maximum absolute atomic E-state index is 11.8. The molecule has 2 aliphatic heterocycles. The molecule has 144 valence electrons. The largest absolute Gasteiger partial charge is 0.462 e. The van der Waals surface area contributed by atoms with E-state index in [0.29, 0.717) is 24.8 Å². The van der Waals surface area contributed by atoms with Gasteiger partial charge in [0.15, 0.2) is 5.82 Å². The van der Waals surface area contributed by atoms with E-state index in [2.05, 4.69) is 10.3 Å². The molecule has 1 saturated heterocycles. The molecule has 1 unspecified atom stereocenters. The lowest BCUT2D eigenvalue weighted by Crippen LogP contribution is -2.29. The second-order valence-electron chi connectivity index (χ2n) is 7.16. The molecule has 1 aromatic heterocycles. The van der Waals surface area contributed by atoms with Crippen LogP contribution in [0.3, 0.4) is 0 Å². The van der Waals surface area contributed by atoms with Crippen LogP contribution in [0.25, 0.3) is 0 Å². The molecule has 0 bridgehead atoms. The molecule has 0 radical (unpaired) electrons. The number of ether oxygens (including phenoxy) is 2. The van der Waals surface area contributed by atoms with E-state index in [1.54, 1.807) is 11.9 Å². The fourth-order valence-electron chi connectivity index (χ4n) is 2.08. The Bertz CT molecular complexity index is 764. The number of hydrogen-bond donors (Lipinski definition) is 2. The third kappa shape index (κ3) is 4.51. The van der Waals surface area contributed by atoms with Crippen molar-refractivity contribution in [2.45, 2.75) is 33.8 Å². The van der Waals surface area contributed by atoms with Crippen LogP contribution in [0.4, 0.5) is 17.5 Å². The van der Waals surface area contributed by atoms with Gasteiger partial charge in [0.2, 0.25) is 11.9 Å². The third-order valence-electron chi connectivity index (χ3n) is 3.67. The number of esters is 1. The Labute approximate surface area is 151 Å². The number of epoxide rings is 1. The SMILES string of the molecule is CC(=O)n1c(N)nc2c(c1=O)NCN2C.CC(C)(C)C(=O)OCC1CO1. The minimum Gasteiger partial charge on any atom is -0.462 e. The first-order chi connectivity index (χ1) is 12.0. The van der Waals surface area contributed by atoms with Crippen molar-refractivity contribution in [3.05, 3.63) is 10.4 Å². The van der Waals surface area contributed by atoms with Crippen LogP contribution in [-0.4, -0.2) is 54.5 Å². The van der Waals surface area contributed by atoms with Gasteiger partial charge in [0.25, 0.3) is 5.56 Å². The summed E-state index contributed by atoms with van der Waals surface area (Å²) in [5, 5.41) is 2.86. The fraction of sp³-hybridized carbons (Fsp3) is 0.625. The van der Waals surface area contributed by atoms with Crippen molar-refractivity contribution in [1.82, 2.24) is 9.55 Å². The highest BCUT2D eigenvalue weighted by molar-refractivity contribution is 5.82. The molecule has 3 N–H and O–H groups in total. The Morgan fingerprint density at radius 2 is 2.04 bits per heavy atom. The Balaban J connectivity index is 0.000000197. The maximum atomic E-state index is 11.8. The van der Waals surface area contributed by atoms with E-state index in [1.165, 1.54) is 6.92 Å². The summed E-state index contributed by atoms with van der Waals surface area (Å²) in [7, 11) is 1.78. The van der Waals surface area contributed by atoms with E-state index in [-0.39, 0.29) is 18.0 Å². The summed E-state index contributed by atoms with van der Waals surface area (Å²) in [6.07, 6.45) is 0.168. The molecule has 0 aromatic carbocycles. The number of aromatic nitrogens is 2. The van der Waals surface area contributed by atoms with Crippen LogP contribution < -0.4 is 21.5 Å². The smallest absolute Gasteiger partial charge is 0.311 e. The van der Waals surface area contributed by atoms with E-state index < -0.39 is 16.9 Å². The standard InChI is InChI=1S/C8H11N5O2.C8H14O3/c1-4(14)13-7(15)5-6(11-8(13)9)12(2)3-10-5;1-8(2,3)7(9)11-5-6-4-10-6/h10H,3H2,1-2H3,(H2,9,11);6H,4-5H2,1-3H3. The summed E-state index contributed by atoms with van der Waals surface area (Å²) in [5.41, 5.74) is 5.01. The molecule has 0 spiro atoms. The first-order valence-corrected chi connectivity index (χ1v) is 8.19. The van der Waals surface area contributed by atoms with Gasteiger partial charge in [-0.25, -0.2) is 4.57 Å². The molecule has 0 saturated carbocycles. The first-order valence-electron chi connectivity index (χ1n) is 8.19. The van der Waals surface area contributed by atoms with E-state index in [9.17, 15) is 14.4 Å². The van der Waals surface area contributed by atoms with E-state index in [0.717, 1.165) is 11.2 Å². The lowest BCUT2D eigenvalue weighted by molar-refractivity contribution is -0.153. The minimum absolute atomic E-state index is 0.0817. The second kappa shape index (κ2) is 7.32. The van der Waals surface area contributed by atoms with Gasteiger partial charge in [-0.15, -0.1) is 0 Å². The van der Waals surface area contributed by atoms with Gasteiger partial charge >= 0.3 is 5.97 Å². The van der Waals surface area contributed by atoms with E-state index in [1.807, 2.05) is 20.8 Å². The molecule has 1 fully saturated rings. The lowest BCUT2D eigenvalue weighted by Gasteiger charge is -2.15. The summed E-state index contributed by atoms with van der Waals surface area (Å²) in [5.74, 6) is -0.200. The molecule has 0 amide bonds. The monoisotopic (exact) mass is 367 g/mol. The predicted octanol–water partition coefficient (Wildman–Crippen LogP) is 0.279. The Hall–Kier alpha value is -2.62. The number of nitrogens with one attached hydrogen (secondary N) is 1. The number of nitrogens with two attached hydrogens (primary N) is 1. The molecular weight excluding hydrogens is 342 g/mol. The first kappa shape index (κ1) is 19.7. The highest BCUT2D eigenvalue weighted by Crippen LogP contribution is 2.24. The van der Waals surface area contributed by atoms with Crippen LogP contribution in [0.5, 0.6) is 0 Å². The third-order valence-corrected chi connectivity index (χ3v) is 3.67. The number of nitrogen functional groups attached to an aromatic ring is 1. The molecule has 1 aromatic rings. The summed E-state index contributed by atoms with van der Waals surface area (Å²) in [4.78, 5) is 39.8. The molecule has 0 aliphatic carbocycles. The van der Waals surface area contributed by atoms with Gasteiger partial charge in [-0.3, -0.25) is 14.4 Å². The summed E-state index contributed by atoms with van der Waals surface area (Å²) < 4.78 is 10.7. The zero-order chi connectivity index (χ0) is 19.6. The topological polar surface area (TPSA) is 132 Å². The highest BCUT2D eigenvalue weighted by atomic mass is 16.6. The van der Waals surface area contributed by atoms with Crippen LogP contribution in [0.2, 0.25) is 0 Å². The van der Waals surface area contributed by atoms with Crippen LogP contribution in [0.1, 0.15) is 32.5 Å². The fourth-order valence-corrected chi connectivity index (χ4v) is 2.08. The minimum atomic E-state index is -0.450. The normalized spacial score (nSPS) is 17.6. The predicted molar refractivity (Wildman–Crippen MR) is 96.3 cm³/mol. The number of nitrogens with zero attached hydrogens (tertiary/aromatic N) is 3. The van der Waals surface area contributed by atoms with E-state index >= 15 is 0 Å². The number of rotatable bonds is 2. The van der Waals surface area contributed by atoms with E-state index in [4.69, 9.17) is 15.2 Å². The molecule has 10 nitrogen and oxygen atoms in total. The van der Waals surface area contributed by atoms with Gasteiger partial charge in [-0.1, -0.05) is 0 Å². The molecule has 3 rings (SSSR count). The number of carbonyl (C=O) groups is 2. The van der Waals surface area contributed by atoms with Gasteiger partial charge in [0, 0.05) is 14.0 Å². The second-order valence-corrected chi connectivity index (χ2v) is 7.16. The molecule has 10 heteroatoms. The lowest BCUT2D eigenvalue weighted by atomic mass is 9.97. The number of fused-ring (bicyclic) bond motifs is 1. The summed E-state index contributed by atoms with van der Waals surface area (Å²) in [6, 6.07) is 0. The molecule has 3 heterocycles. The van der Waals surface area contributed by atoms with Crippen molar-refractivity contribution >= 4 is 29.3 Å². The molecule has 26 heavy (non-hydrogen) atoms. The van der Waals surface area contributed by atoms with Gasteiger partial charge < -0.3 is 25.4 Å². The van der Waals surface area contributed by atoms with Gasteiger partial charge in [-0.2, -0.15) is 4.98 Å². The Morgan fingerprint density at radius 3 is 2.54 bits per heavy atom. The van der Waals surface area contributed by atoms with Crippen LogP contribution in [0, 0.1) is 5.41 Å².